The molecule has 1 aromatic rings. The number of carbonyl (C=O) groups is 2. The average molecular weight is 372 g/mol. The fourth-order valence-electron chi connectivity index (χ4n) is 1.97. The van der Waals surface area contributed by atoms with Crippen LogP contribution >= 0.6 is 0 Å². The van der Waals surface area contributed by atoms with Crippen LogP contribution in [-0.4, -0.2) is 39.5 Å². The number of esters is 1. The van der Waals surface area contributed by atoms with E-state index in [1.54, 1.807) is 62.4 Å². The maximum Gasteiger partial charge on any atom is 0.330 e. The second-order valence-electron chi connectivity index (χ2n) is 5.95. The Labute approximate surface area is 158 Å². The normalized spacial score (nSPS) is 18.7. The molecule has 0 bridgehead atoms. The van der Waals surface area contributed by atoms with Gasteiger partial charge in [-0.05, 0) is 55.7 Å². The van der Waals surface area contributed by atoms with Gasteiger partial charge in [0, 0.05) is 12.2 Å². The van der Waals surface area contributed by atoms with E-state index < -0.39 is 11.6 Å². The third-order valence-electron chi connectivity index (χ3n) is 3.40. The van der Waals surface area contributed by atoms with E-state index in [9.17, 15) is 14.7 Å². The molecule has 0 saturated carbocycles. The van der Waals surface area contributed by atoms with Crippen molar-refractivity contribution in [2.45, 2.75) is 25.9 Å². The third-order valence-corrected chi connectivity index (χ3v) is 3.40. The van der Waals surface area contributed by atoms with Crippen LogP contribution < -0.4 is 0 Å². The van der Waals surface area contributed by atoms with Crippen LogP contribution in [0.3, 0.4) is 0 Å². The number of benzene rings is 1. The first kappa shape index (κ1) is 21.9. The molecule has 0 heterocycles. The van der Waals surface area contributed by atoms with E-state index in [-0.39, 0.29) is 11.7 Å². The molecule has 2 rings (SSSR count). The molecule has 27 heavy (non-hydrogen) atoms. The molecule has 0 fully saturated rings. The Bertz CT molecular complexity index is 751. The summed E-state index contributed by atoms with van der Waals surface area (Å²) >= 11 is 0. The third kappa shape index (κ3) is 9.81. The van der Waals surface area contributed by atoms with Crippen molar-refractivity contribution in [2.24, 2.45) is 0 Å². The van der Waals surface area contributed by atoms with E-state index in [2.05, 4.69) is 0 Å². The van der Waals surface area contributed by atoms with Crippen molar-refractivity contribution in [2.75, 3.05) is 6.61 Å². The highest BCUT2D eigenvalue weighted by atomic mass is 16.5. The fourth-order valence-corrected chi connectivity index (χ4v) is 1.97. The predicted molar refractivity (Wildman–Crippen MR) is 103 cm³/mol. The van der Waals surface area contributed by atoms with E-state index in [0.29, 0.717) is 13.0 Å². The second-order valence-corrected chi connectivity index (χ2v) is 5.95. The number of hydrogen-bond donors (Lipinski definition) is 3. The van der Waals surface area contributed by atoms with Gasteiger partial charge in [-0.25, -0.2) is 9.59 Å². The largest absolute Gasteiger partial charge is 0.508 e. The molecule has 144 valence electrons. The van der Waals surface area contributed by atoms with Crippen molar-refractivity contribution in [3.8, 4) is 5.75 Å². The summed E-state index contributed by atoms with van der Waals surface area (Å²) in [5, 5.41) is 26.9. The molecule has 6 heteroatoms. The van der Waals surface area contributed by atoms with Gasteiger partial charge >= 0.3 is 11.9 Å². The Hall–Kier alpha value is -3.12. The zero-order valence-electron chi connectivity index (χ0n) is 15.3. The number of allylic oxidation sites excluding steroid dienone is 3. The molecule has 1 unspecified atom stereocenters. The maximum absolute atomic E-state index is 10.9. The molecule has 3 N–H and O–H groups in total. The van der Waals surface area contributed by atoms with Gasteiger partial charge in [0.1, 0.15) is 5.75 Å². The van der Waals surface area contributed by atoms with Gasteiger partial charge in [-0.1, -0.05) is 30.4 Å². The predicted octanol–water partition coefficient (Wildman–Crippen LogP) is 3.23. The van der Waals surface area contributed by atoms with Gasteiger partial charge in [-0.3, -0.25) is 0 Å². The summed E-state index contributed by atoms with van der Waals surface area (Å²) in [5.41, 5.74) is 0.866. The van der Waals surface area contributed by atoms with Gasteiger partial charge in [-0.2, -0.15) is 0 Å². The molecular formula is C21H24O6. The zero-order valence-corrected chi connectivity index (χ0v) is 15.3. The minimum atomic E-state index is -0.966. The van der Waals surface area contributed by atoms with Crippen molar-refractivity contribution in [1.82, 2.24) is 0 Å². The summed E-state index contributed by atoms with van der Waals surface area (Å²) < 4.78 is 4.71. The lowest BCUT2D eigenvalue weighted by molar-refractivity contribution is -0.137. The van der Waals surface area contributed by atoms with Gasteiger partial charge in [0.25, 0.3) is 0 Å². The maximum atomic E-state index is 10.9. The van der Waals surface area contributed by atoms with Gasteiger partial charge in [0.05, 0.1) is 12.2 Å². The van der Waals surface area contributed by atoms with Crippen LogP contribution in [-0.2, 0) is 14.3 Å². The van der Waals surface area contributed by atoms with Crippen LogP contribution in [0.15, 0.2) is 66.3 Å². The summed E-state index contributed by atoms with van der Waals surface area (Å²) in [5.74, 6) is -1.12. The quantitative estimate of drug-likeness (QED) is 0.541. The number of hydrogen-bond acceptors (Lipinski definition) is 5. The molecule has 1 aliphatic carbocycles. The van der Waals surface area contributed by atoms with Gasteiger partial charge in [-0.15, -0.1) is 0 Å². The molecule has 0 spiro atoms. The number of ether oxygens (including phenoxy) is 1. The minimum absolute atomic E-state index is 0.207. The molecule has 1 atom stereocenters. The summed E-state index contributed by atoms with van der Waals surface area (Å²) in [6.45, 7) is 3.84. The highest BCUT2D eigenvalue weighted by Gasteiger charge is 2.17. The van der Waals surface area contributed by atoms with Crippen LogP contribution in [0.25, 0.3) is 6.08 Å². The Kier molecular flexibility index (Phi) is 8.75. The fraction of sp³-hybridized carbons (Fsp3) is 0.238. The monoisotopic (exact) mass is 372 g/mol. The molecule has 1 aromatic carbocycles. The van der Waals surface area contributed by atoms with Crippen LogP contribution in [0, 0.1) is 0 Å². The van der Waals surface area contributed by atoms with Gasteiger partial charge in [0.2, 0.25) is 0 Å². The molecule has 6 nitrogen and oxygen atoms in total. The molecule has 1 aliphatic rings. The number of carboxylic acids is 1. The van der Waals surface area contributed by atoms with Crippen molar-refractivity contribution in [3.05, 3.63) is 71.9 Å². The van der Waals surface area contributed by atoms with Crippen LogP contribution in [0.2, 0.25) is 0 Å². The molecule has 0 aromatic heterocycles. The summed E-state index contributed by atoms with van der Waals surface area (Å²) in [6, 6.07) is 6.55. The second kappa shape index (κ2) is 10.8. The van der Waals surface area contributed by atoms with E-state index in [4.69, 9.17) is 14.9 Å². The summed E-state index contributed by atoms with van der Waals surface area (Å²) in [7, 11) is 0. The lowest BCUT2D eigenvalue weighted by Gasteiger charge is -2.20. The van der Waals surface area contributed by atoms with Gasteiger partial charge < -0.3 is 20.1 Å². The molecule has 0 radical (unpaired) electrons. The smallest absolute Gasteiger partial charge is 0.330 e. The van der Waals surface area contributed by atoms with E-state index in [0.717, 1.165) is 17.2 Å². The Morgan fingerprint density at radius 3 is 2.37 bits per heavy atom. The highest BCUT2D eigenvalue weighted by molar-refractivity contribution is 5.87. The van der Waals surface area contributed by atoms with Crippen LogP contribution in [0.4, 0.5) is 0 Å². The van der Waals surface area contributed by atoms with Crippen molar-refractivity contribution in [1.29, 1.82) is 0 Å². The summed E-state index contributed by atoms with van der Waals surface area (Å²) in [4.78, 5) is 21.1. The summed E-state index contributed by atoms with van der Waals surface area (Å²) in [6.07, 6.45) is 11.3. The van der Waals surface area contributed by atoms with E-state index >= 15 is 0 Å². The standard InChI is InChI=1S/C11H12O3.C10H12O3/c1-2-14-11(13)8-5-9-3-6-10(12)7-4-9;1-10(13)6-4-8(5-7-10)2-3-9(11)12/h3-8,12H,2H2,1H3;2-6,13H,7H2,1H3,(H,11,12)/b8-5+;3-2+. The number of rotatable bonds is 5. The lowest BCUT2D eigenvalue weighted by Crippen LogP contribution is -2.21. The number of aromatic hydroxyl groups is 1. The highest BCUT2D eigenvalue weighted by Crippen LogP contribution is 2.20. The first-order valence-corrected chi connectivity index (χ1v) is 8.38. The SMILES string of the molecule is CC1(O)C=CC(/C=C/C(=O)O)=CC1.CCOC(=O)/C=C/c1ccc(O)cc1. The van der Waals surface area contributed by atoms with E-state index in [1.165, 1.54) is 12.2 Å². The van der Waals surface area contributed by atoms with Crippen LogP contribution in [0.1, 0.15) is 25.8 Å². The molecule has 0 aliphatic heterocycles. The first-order chi connectivity index (χ1) is 12.7. The minimum Gasteiger partial charge on any atom is -0.508 e. The first-order valence-electron chi connectivity index (χ1n) is 8.38. The van der Waals surface area contributed by atoms with Crippen molar-refractivity contribution >= 4 is 18.0 Å². The molecular weight excluding hydrogens is 348 g/mol. The van der Waals surface area contributed by atoms with E-state index in [1.807, 2.05) is 0 Å². The Morgan fingerprint density at radius 1 is 1.19 bits per heavy atom. The number of carbonyl (C=O) groups excluding carboxylic acids is 1. The molecule has 0 saturated heterocycles. The Morgan fingerprint density at radius 2 is 1.85 bits per heavy atom. The topological polar surface area (TPSA) is 104 Å². The number of aliphatic carboxylic acids is 1. The lowest BCUT2D eigenvalue weighted by atomic mass is 9.94. The van der Waals surface area contributed by atoms with Crippen molar-refractivity contribution < 1.29 is 29.6 Å². The number of phenolic OH excluding ortho intramolecular Hbond substituents is 1. The number of carboxylic acid groups (broad SMARTS) is 1. The van der Waals surface area contributed by atoms with Crippen LogP contribution in [0.5, 0.6) is 5.75 Å². The number of phenols is 1. The molecule has 0 amide bonds. The zero-order chi connectivity index (χ0) is 20.3. The van der Waals surface area contributed by atoms with Crippen molar-refractivity contribution in [3.63, 3.8) is 0 Å². The number of aliphatic hydroxyl groups is 1. The Balaban J connectivity index is 0.000000271. The van der Waals surface area contributed by atoms with Gasteiger partial charge in [0.15, 0.2) is 0 Å². The average Bonchev–Trinajstić information content (AvgIpc) is 2.61.